The van der Waals surface area contributed by atoms with Crippen molar-refractivity contribution in [3.8, 4) is 0 Å². The van der Waals surface area contributed by atoms with Crippen molar-refractivity contribution in [2.45, 2.75) is 13.1 Å². The van der Waals surface area contributed by atoms with Crippen molar-refractivity contribution in [1.82, 2.24) is 4.90 Å². The van der Waals surface area contributed by atoms with Crippen LogP contribution in [0.4, 0.5) is 0 Å². The number of rotatable bonds is 6. The second-order valence-corrected chi connectivity index (χ2v) is 5.51. The van der Waals surface area contributed by atoms with E-state index in [1.165, 1.54) is 0 Å². The summed E-state index contributed by atoms with van der Waals surface area (Å²) >= 11 is 0. The summed E-state index contributed by atoms with van der Waals surface area (Å²) in [6.07, 6.45) is 4.85. The van der Waals surface area contributed by atoms with E-state index in [1.54, 1.807) is 24.5 Å². The zero-order valence-electron chi connectivity index (χ0n) is 13.3. The molecule has 1 heterocycles. The van der Waals surface area contributed by atoms with Gasteiger partial charge in [-0.2, -0.15) is 0 Å². The molecule has 0 aliphatic carbocycles. The number of carbonyl (C=O) groups excluding carboxylic acids is 1. The second kappa shape index (κ2) is 7.97. The Balaban J connectivity index is 1.76. The SMILES string of the molecule is O=C(/C=C\c1ccco1)N(Cc1ccccc1)Cc1ccccc1. The van der Waals surface area contributed by atoms with Crippen LogP contribution >= 0.6 is 0 Å². The minimum Gasteiger partial charge on any atom is -0.465 e. The van der Waals surface area contributed by atoms with Gasteiger partial charge in [-0.3, -0.25) is 4.79 Å². The highest BCUT2D eigenvalue weighted by atomic mass is 16.3. The Hall–Kier alpha value is -3.07. The lowest BCUT2D eigenvalue weighted by Gasteiger charge is -2.21. The first-order chi connectivity index (χ1) is 11.8. The normalized spacial score (nSPS) is 10.8. The quantitative estimate of drug-likeness (QED) is 0.626. The summed E-state index contributed by atoms with van der Waals surface area (Å²) in [6, 6.07) is 23.6. The predicted octanol–water partition coefficient (Wildman–Crippen LogP) is 4.52. The Bertz CT molecular complexity index is 736. The van der Waals surface area contributed by atoms with Crippen LogP contribution in [0.3, 0.4) is 0 Å². The Morgan fingerprint density at radius 2 is 1.42 bits per heavy atom. The van der Waals surface area contributed by atoms with Gasteiger partial charge in [-0.25, -0.2) is 0 Å². The van der Waals surface area contributed by atoms with E-state index in [0.29, 0.717) is 18.8 Å². The average molecular weight is 317 g/mol. The van der Waals surface area contributed by atoms with E-state index in [9.17, 15) is 4.79 Å². The average Bonchev–Trinajstić information content (AvgIpc) is 3.14. The highest BCUT2D eigenvalue weighted by molar-refractivity contribution is 5.91. The van der Waals surface area contributed by atoms with Crippen molar-refractivity contribution in [1.29, 1.82) is 0 Å². The molecule has 24 heavy (non-hydrogen) atoms. The fourth-order valence-electron chi connectivity index (χ4n) is 2.46. The lowest BCUT2D eigenvalue weighted by molar-refractivity contribution is -0.127. The van der Waals surface area contributed by atoms with Gasteiger partial charge in [-0.05, 0) is 29.3 Å². The number of furan rings is 1. The molecule has 1 amide bonds. The lowest BCUT2D eigenvalue weighted by atomic mass is 10.1. The Morgan fingerprint density at radius 3 is 1.92 bits per heavy atom. The first kappa shape index (κ1) is 15.8. The van der Waals surface area contributed by atoms with Crippen LogP contribution in [-0.4, -0.2) is 10.8 Å². The molecule has 2 aromatic carbocycles. The molecule has 0 spiro atoms. The second-order valence-electron chi connectivity index (χ2n) is 5.51. The van der Waals surface area contributed by atoms with Crippen molar-refractivity contribution in [3.05, 3.63) is 102 Å². The molecule has 3 aromatic rings. The fraction of sp³-hybridized carbons (Fsp3) is 0.0952. The van der Waals surface area contributed by atoms with E-state index in [2.05, 4.69) is 0 Å². The minimum absolute atomic E-state index is 0.0425. The molecule has 0 fully saturated rings. The Kier molecular flexibility index (Phi) is 5.25. The van der Waals surface area contributed by atoms with Crippen LogP contribution in [0, 0.1) is 0 Å². The summed E-state index contributed by atoms with van der Waals surface area (Å²) in [6.45, 7) is 1.13. The first-order valence-corrected chi connectivity index (χ1v) is 7.89. The van der Waals surface area contributed by atoms with Crippen molar-refractivity contribution in [3.63, 3.8) is 0 Å². The molecular weight excluding hydrogens is 298 g/mol. The first-order valence-electron chi connectivity index (χ1n) is 7.89. The minimum atomic E-state index is -0.0425. The number of nitrogens with zero attached hydrogens (tertiary/aromatic N) is 1. The lowest BCUT2D eigenvalue weighted by Crippen LogP contribution is -2.28. The third-order valence-electron chi connectivity index (χ3n) is 3.68. The smallest absolute Gasteiger partial charge is 0.247 e. The van der Waals surface area contributed by atoms with Crippen molar-refractivity contribution in [2.24, 2.45) is 0 Å². The van der Waals surface area contributed by atoms with E-state index in [0.717, 1.165) is 11.1 Å². The van der Waals surface area contributed by atoms with Crippen LogP contribution in [-0.2, 0) is 17.9 Å². The molecule has 3 heteroatoms. The van der Waals surface area contributed by atoms with Crippen molar-refractivity contribution < 1.29 is 9.21 Å². The highest BCUT2D eigenvalue weighted by Gasteiger charge is 2.12. The van der Waals surface area contributed by atoms with Gasteiger partial charge >= 0.3 is 0 Å². The summed E-state index contributed by atoms with van der Waals surface area (Å²) in [4.78, 5) is 14.5. The van der Waals surface area contributed by atoms with Gasteiger partial charge in [-0.1, -0.05) is 60.7 Å². The van der Waals surface area contributed by atoms with Crippen molar-refractivity contribution in [2.75, 3.05) is 0 Å². The summed E-state index contributed by atoms with van der Waals surface area (Å²) in [5.41, 5.74) is 2.21. The van der Waals surface area contributed by atoms with Gasteiger partial charge in [0.25, 0.3) is 0 Å². The topological polar surface area (TPSA) is 33.5 Å². The van der Waals surface area contributed by atoms with Gasteiger partial charge in [0.15, 0.2) is 0 Å². The number of amides is 1. The van der Waals surface area contributed by atoms with Crippen LogP contribution in [0.2, 0.25) is 0 Å². The van der Waals surface area contributed by atoms with Gasteiger partial charge in [0.05, 0.1) is 6.26 Å². The Morgan fingerprint density at radius 1 is 0.833 bits per heavy atom. The maximum absolute atomic E-state index is 12.6. The largest absolute Gasteiger partial charge is 0.465 e. The molecule has 0 N–H and O–H groups in total. The number of carbonyl (C=O) groups is 1. The molecule has 3 nitrogen and oxygen atoms in total. The van der Waals surface area contributed by atoms with Crippen molar-refractivity contribution >= 4 is 12.0 Å². The van der Waals surface area contributed by atoms with Gasteiger partial charge in [-0.15, -0.1) is 0 Å². The van der Waals surface area contributed by atoms with Crippen LogP contribution in [0.1, 0.15) is 16.9 Å². The summed E-state index contributed by atoms with van der Waals surface area (Å²) in [5, 5.41) is 0. The molecule has 3 rings (SSSR count). The third-order valence-corrected chi connectivity index (χ3v) is 3.68. The molecule has 0 aliphatic rings. The van der Waals surface area contributed by atoms with E-state index in [1.807, 2.05) is 71.6 Å². The third kappa shape index (κ3) is 4.46. The zero-order valence-corrected chi connectivity index (χ0v) is 13.3. The van der Waals surface area contributed by atoms with Gasteiger partial charge in [0, 0.05) is 19.2 Å². The van der Waals surface area contributed by atoms with E-state index in [4.69, 9.17) is 4.42 Å². The van der Waals surface area contributed by atoms with Crippen LogP contribution in [0.5, 0.6) is 0 Å². The van der Waals surface area contributed by atoms with Gasteiger partial charge in [0.2, 0.25) is 5.91 Å². The molecule has 0 unspecified atom stereocenters. The van der Waals surface area contributed by atoms with E-state index >= 15 is 0 Å². The van der Waals surface area contributed by atoms with Crippen LogP contribution in [0.15, 0.2) is 89.6 Å². The number of hydrogen-bond donors (Lipinski definition) is 0. The molecular formula is C21H19NO2. The van der Waals surface area contributed by atoms with E-state index in [-0.39, 0.29) is 5.91 Å². The van der Waals surface area contributed by atoms with Gasteiger partial charge in [0.1, 0.15) is 5.76 Å². The summed E-state index contributed by atoms with van der Waals surface area (Å²) in [5.74, 6) is 0.627. The van der Waals surface area contributed by atoms with Gasteiger partial charge < -0.3 is 9.32 Å². The monoisotopic (exact) mass is 317 g/mol. The summed E-state index contributed by atoms with van der Waals surface area (Å²) in [7, 11) is 0. The maximum Gasteiger partial charge on any atom is 0.247 e. The number of hydrogen-bond acceptors (Lipinski definition) is 2. The van der Waals surface area contributed by atoms with Crippen LogP contribution < -0.4 is 0 Å². The summed E-state index contributed by atoms with van der Waals surface area (Å²) < 4.78 is 5.24. The molecule has 0 atom stereocenters. The van der Waals surface area contributed by atoms with Crippen LogP contribution in [0.25, 0.3) is 6.08 Å². The molecule has 0 bridgehead atoms. The standard InChI is InChI=1S/C21H19NO2/c23-21(14-13-20-12-7-15-24-20)22(16-18-8-3-1-4-9-18)17-19-10-5-2-6-11-19/h1-15H,16-17H2/b14-13-. The molecule has 120 valence electrons. The van der Waals surface area contributed by atoms with E-state index < -0.39 is 0 Å². The molecule has 0 aliphatic heterocycles. The molecule has 0 saturated carbocycles. The predicted molar refractivity (Wildman–Crippen MR) is 94.9 cm³/mol. The highest BCUT2D eigenvalue weighted by Crippen LogP contribution is 2.12. The fourth-order valence-corrected chi connectivity index (χ4v) is 2.46. The Labute approximate surface area is 141 Å². The molecule has 0 radical (unpaired) electrons. The molecule has 1 aromatic heterocycles. The molecule has 0 saturated heterocycles. The number of benzene rings is 2. The zero-order chi connectivity index (χ0) is 16.6. The maximum atomic E-state index is 12.6.